The molecule has 1 N–H and O–H groups in total. The van der Waals surface area contributed by atoms with Crippen LogP contribution in [0.1, 0.15) is 39.0 Å². The Hall–Kier alpha value is -1.44. The van der Waals surface area contributed by atoms with Gasteiger partial charge in [-0.2, -0.15) is 4.31 Å². The van der Waals surface area contributed by atoms with Gasteiger partial charge in [-0.3, -0.25) is 4.79 Å². The highest BCUT2D eigenvalue weighted by Crippen LogP contribution is 2.23. The molecule has 3 rings (SSSR count). The smallest absolute Gasteiger partial charge is 0.243 e. The molecular formula is C21H33N3O3S. The maximum atomic E-state index is 12.8. The minimum atomic E-state index is -3.53. The average molecular weight is 408 g/mol. The van der Waals surface area contributed by atoms with Gasteiger partial charge in [0.2, 0.25) is 15.9 Å². The lowest BCUT2D eigenvalue weighted by atomic mass is 9.99. The lowest BCUT2D eigenvalue weighted by Gasteiger charge is -2.32. The van der Waals surface area contributed by atoms with Crippen LogP contribution in [0.3, 0.4) is 0 Å². The third-order valence-corrected chi connectivity index (χ3v) is 7.71. The Balaban J connectivity index is 1.45. The quantitative estimate of drug-likeness (QED) is 0.705. The molecule has 156 valence electrons. The largest absolute Gasteiger partial charge is 0.356 e. The lowest BCUT2D eigenvalue weighted by molar-refractivity contribution is -0.126. The zero-order valence-electron chi connectivity index (χ0n) is 16.8. The summed E-state index contributed by atoms with van der Waals surface area (Å²) in [7, 11) is -3.53. The van der Waals surface area contributed by atoms with E-state index in [-0.39, 0.29) is 18.4 Å². The van der Waals surface area contributed by atoms with Crippen molar-refractivity contribution in [3.63, 3.8) is 0 Å². The average Bonchev–Trinajstić information content (AvgIpc) is 2.72. The number of carbonyl (C=O) groups is 1. The van der Waals surface area contributed by atoms with Gasteiger partial charge < -0.3 is 10.2 Å². The van der Waals surface area contributed by atoms with Crippen LogP contribution in [-0.2, 0) is 14.8 Å². The first-order valence-electron chi connectivity index (χ1n) is 10.5. The van der Waals surface area contributed by atoms with E-state index < -0.39 is 10.0 Å². The van der Waals surface area contributed by atoms with Gasteiger partial charge in [-0.1, -0.05) is 25.1 Å². The van der Waals surface area contributed by atoms with Crippen LogP contribution in [-0.4, -0.2) is 62.8 Å². The number of carbonyl (C=O) groups excluding carboxylic acids is 1. The van der Waals surface area contributed by atoms with Gasteiger partial charge in [0.1, 0.15) is 0 Å². The molecule has 6 nitrogen and oxygen atoms in total. The van der Waals surface area contributed by atoms with E-state index >= 15 is 0 Å². The molecule has 28 heavy (non-hydrogen) atoms. The van der Waals surface area contributed by atoms with Gasteiger partial charge in [0.05, 0.1) is 10.8 Å². The fraction of sp³-hybridized carbons (Fsp3) is 0.667. The first-order valence-corrected chi connectivity index (χ1v) is 12.0. The molecule has 7 heteroatoms. The van der Waals surface area contributed by atoms with Crippen LogP contribution in [0.5, 0.6) is 0 Å². The molecule has 1 aromatic rings. The number of benzene rings is 1. The summed E-state index contributed by atoms with van der Waals surface area (Å²) in [5.41, 5.74) is 0. The summed E-state index contributed by atoms with van der Waals surface area (Å²) in [6, 6.07) is 8.48. The molecule has 0 aliphatic carbocycles. The van der Waals surface area contributed by atoms with Crippen molar-refractivity contribution in [3.8, 4) is 0 Å². The fourth-order valence-corrected chi connectivity index (χ4v) is 5.81. The number of hydrogen-bond donors (Lipinski definition) is 1. The lowest BCUT2D eigenvalue weighted by Crippen LogP contribution is -2.45. The molecule has 0 bridgehead atoms. The second-order valence-electron chi connectivity index (χ2n) is 8.21. The van der Waals surface area contributed by atoms with Gasteiger partial charge in [0.25, 0.3) is 0 Å². The van der Waals surface area contributed by atoms with Crippen molar-refractivity contribution in [1.82, 2.24) is 14.5 Å². The van der Waals surface area contributed by atoms with E-state index in [0.29, 0.717) is 18.0 Å². The molecule has 1 amide bonds. The number of sulfonamides is 1. The molecule has 0 spiro atoms. The first-order chi connectivity index (χ1) is 13.5. The number of likely N-dealkylation sites (tertiary alicyclic amines) is 1. The second-order valence-corrected chi connectivity index (χ2v) is 10.1. The molecule has 0 saturated carbocycles. The van der Waals surface area contributed by atoms with Crippen LogP contribution in [0, 0.1) is 11.8 Å². The Morgan fingerprint density at radius 2 is 1.86 bits per heavy atom. The minimum absolute atomic E-state index is 0.0139. The summed E-state index contributed by atoms with van der Waals surface area (Å²) in [4.78, 5) is 15.3. The van der Waals surface area contributed by atoms with Crippen LogP contribution in [0.15, 0.2) is 35.2 Å². The van der Waals surface area contributed by atoms with Crippen molar-refractivity contribution in [2.75, 3.05) is 39.3 Å². The summed E-state index contributed by atoms with van der Waals surface area (Å²) in [5, 5.41) is 3.03. The maximum Gasteiger partial charge on any atom is 0.243 e. The van der Waals surface area contributed by atoms with Crippen molar-refractivity contribution < 1.29 is 13.2 Å². The van der Waals surface area contributed by atoms with E-state index in [2.05, 4.69) is 17.1 Å². The highest BCUT2D eigenvalue weighted by atomic mass is 32.2. The molecule has 2 heterocycles. The zero-order chi connectivity index (χ0) is 20.0. The molecule has 2 saturated heterocycles. The third-order valence-electron chi connectivity index (χ3n) is 5.83. The van der Waals surface area contributed by atoms with E-state index in [1.807, 2.05) is 0 Å². The van der Waals surface area contributed by atoms with Crippen molar-refractivity contribution in [3.05, 3.63) is 30.3 Å². The Labute approximate surface area is 169 Å². The molecule has 2 aliphatic heterocycles. The molecule has 2 atom stereocenters. The van der Waals surface area contributed by atoms with Gasteiger partial charge >= 0.3 is 0 Å². The number of nitrogens with zero attached hydrogens (tertiary/aromatic N) is 2. The SMILES string of the molecule is C[C@H]1CCCN(CCCNC(=O)[C@@H]2CCCN(S(=O)(=O)c3ccccc3)C2)C1. The normalized spacial score (nSPS) is 24.8. The number of rotatable bonds is 7. The first kappa shape index (κ1) is 21.3. The van der Waals surface area contributed by atoms with E-state index in [1.165, 1.54) is 17.1 Å². The topological polar surface area (TPSA) is 69.7 Å². The number of nitrogens with one attached hydrogen (secondary N) is 1. The third kappa shape index (κ3) is 5.55. The van der Waals surface area contributed by atoms with E-state index in [9.17, 15) is 13.2 Å². The maximum absolute atomic E-state index is 12.8. The molecule has 2 fully saturated rings. The van der Waals surface area contributed by atoms with Gasteiger partial charge in [-0.05, 0) is 63.2 Å². The predicted octanol–water partition coefficient (Wildman–Crippen LogP) is 2.33. The molecular weight excluding hydrogens is 374 g/mol. The van der Waals surface area contributed by atoms with Gasteiger partial charge in [0, 0.05) is 26.2 Å². The van der Waals surface area contributed by atoms with E-state index in [4.69, 9.17) is 0 Å². The molecule has 0 radical (unpaired) electrons. The van der Waals surface area contributed by atoms with Crippen LogP contribution in [0.2, 0.25) is 0 Å². The molecule has 2 aliphatic rings. The van der Waals surface area contributed by atoms with Crippen molar-refractivity contribution in [2.45, 2.75) is 43.9 Å². The fourth-order valence-electron chi connectivity index (χ4n) is 4.26. The van der Waals surface area contributed by atoms with Gasteiger partial charge in [0.15, 0.2) is 0 Å². The second kappa shape index (κ2) is 9.85. The van der Waals surface area contributed by atoms with E-state index in [0.717, 1.165) is 44.8 Å². The highest BCUT2D eigenvalue weighted by Gasteiger charge is 2.33. The Kier molecular flexibility index (Phi) is 7.48. The van der Waals surface area contributed by atoms with Gasteiger partial charge in [-0.15, -0.1) is 0 Å². The van der Waals surface area contributed by atoms with Crippen LogP contribution >= 0.6 is 0 Å². The predicted molar refractivity (Wildman–Crippen MR) is 110 cm³/mol. The van der Waals surface area contributed by atoms with Crippen LogP contribution in [0.4, 0.5) is 0 Å². The van der Waals surface area contributed by atoms with Crippen molar-refractivity contribution in [1.29, 1.82) is 0 Å². The monoisotopic (exact) mass is 407 g/mol. The number of piperidine rings is 2. The van der Waals surface area contributed by atoms with E-state index in [1.54, 1.807) is 30.3 Å². The summed E-state index contributed by atoms with van der Waals surface area (Å²) >= 11 is 0. The summed E-state index contributed by atoms with van der Waals surface area (Å²) in [6.07, 6.45) is 4.99. The summed E-state index contributed by atoms with van der Waals surface area (Å²) in [5.74, 6) is 0.491. The molecule has 0 aromatic heterocycles. The highest BCUT2D eigenvalue weighted by molar-refractivity contribution is 7.89. The van der Waals surface area contributed by atoms with Gasteiger partial charge in [-0.25, -0.2) is 8.42 Å². The minimum Gasteiger partial charge on any atom is -0.356 e. The van der Waals surface area contributed by atoms with Crippen LogP contribution < -0.4 is 5.32 Å². The van der Waals surface area contributed by atoms with Crippen molar-refractivity contribution >= 4 is 15.9 Å². The molecule has 0 unspecified atom stereocenters. The Bertz CT molecular complexity index is 739. The number of amides is 1. The summed E-state index contributed by atoms with van der Waals surface area (Å²) in [6.45, 7) is 7.04. The standard InChI is InChI=1S/C21H33N3O3S/c1-18-8-5-13-23(16-18)14-7-12-22-21(25)19-9-6-15-24(17-19)28(26,27)20-10-3-2-4-11-20/h2-4,10-11,18-19H,5-9,12-17H2,1H3,(H,22,25)/t18-,19+/m0/s1. The van der Waals surface area contributed by atoms with Crippen LogP contribution in [0.25, 0.3) is 0 Å². The zero-order valence-corrected chi connectivity index (χ0v) is 17.7. The molecule has 1 aromatic carbocycles. The Morgan fingerprint density at radius 3 is 2.61 bits per heavy atom. The summed E-state index contributed by atoms with van der Waals surface area (Å²) < 4.78 is 27.1. The van der Waals surface area contributed by atoms with Crippen molar-refractivity contribution in [2.24, 2.45) is 11.8 Å². The Morgan fingerprint density at radius 1 is 1.11 bits per heavy atom. The number of hydrogen-bond acceptors (Lipinski definition) is 4.